The maximum atomic E-state index is 13.1. The smallest absolute Gasteiger partial charge is 0.265 e. The zero-order chi connectivity index (χ0) is 22.9. The van der Waals surface area contributed by atoms with Gasteiger partial charge in [0.15, 0.2) is 6.10 Å². The Hall–Kier alpha value is -2.91. The third-order valence-corrected chi connectivity index (χ3v) is 7.82. The summed E-state index contributed by atoms with van der Waals surface area (Å²) in [7, 11) is -3.75. The Kier molecular flexibility index (Phi) is 6.21. The van der Waals surface area contributed by atoms with Crippen molar-refractivity contribution in [3.63, 3.8) is 0 Å². The molecule has 2 heterocycles. The fourth-order valence-electron chi connectivity index (χ4n) is 3.95. The highest BCUT2D eigenvalue weighted by atomic mass is 32.2. The van der Waals surface area contributed by atoms with Crippen LogP contribution in [0.5, 0.6) is 5.75 Å². The molecule has 2 aliphatic heterocycles. The summed E-state index contributed by atoms with van der Waals surface area (Å²) in [6.07, 6.45) is 0.840. The molecule has 0 spiro atoms. The monoisotopic (exact) mass is 457 g/mol. The van der Waals surface area contributed by atoms with Gasteiger partial charge < -0.3 is 15.4 Å². The van der Waals surface area contributed by atoms with Crippen LogP contribution >= 0.6 is 0 Å². The Bertz CT molecular complexity index is 1120. The number of fused-ring (bicyclic) bond motifs is 1. The molecule has 2 aromatic carbocycles. The first-order chi connectivity index (χ1) is 15.3. The van der Waals surface area contributed by atoms with Crippen LogP contribution in [0.2, 0.25) is 0 Å². The van der Waals surface area contributed by atoms with Crippen molar-refractivity contribution in [2.75, 3.05) is 23.7 Å². The van der Waals surface area contributed by atoms with E-state index >= 15 is 0 Å². The third-order valence-electron chi connectivity index (χ3n) is 5.92. The van der Waals surface area contributed by atoms with Crippen LogP contribution < -0.4 is 15.4 Å². The van der Waals surface area contributed by atoms with Gasteiger partial charge in [-0.1, -0.05) is 24.6 Å². The molecule has 32 heavy (non-hydrogen) atoms. The van der Waals surface area contributed by atoms with E-state index in [1.807, 2.05) is 38.1 Å². The lowest BCUT2D eigenvalue weighted by Crippen LogP contribution is -2.41. The summed E-state index contributed by atoms with van der Waals surface area (Å²) in [5.74, 6) is -0.160. The number of ether oxygens (including phenoxy) is 1. The first-order valence-electron chi connectivity index (χ1n) is 10.8. The number of rotatable bonds is 5. The number of hydrogen-bond acceptors (Lipinski definition) is 5. The van der Waals surface area contributed by atoms with Crippen LogP contribution in [0.15, 0.2) is 47.4 Å². The predicted molar refractivity (Wildman–Crippen MR) is 121 cm³/mol. The number of carbonyl (C=O) groups excluding carboxylic acids is 2. The minimum absolute atomic E-state index is 0.0926. The first-order valence-corrected chi connectivity index (χ1v) is 12.2. The van der Waals surface area contributed by atoms with Gasteiger partial charge in [0.2, 0.25) is 15.9 Å². The maximum Gasteiger partial charge on any atom is 0.265 e. The fourth-order valence-corrected chi connectivity index (χ4v) is 5.44. The molecule has 2 N–H and O–H groups in total. The Labute approximate surface area is 188 Å². The van der Waals surface area contributed by atoms with Gasteiger partial charge in [-0.15, -0.1) is 0 Å². The Balaban J connectivity index is 1.41. The SMILES string of the molecule is CC[C@H]1Oc2ccc(S(=O)(=O)N3CCC(C(=O)Nc4ccc(C)cc4)CC3)cc2NC1=O. The van der Waals surface area contributed by atoms with Crippen LogP contribution in [0.25, 0.3) is 0 Å². The summed E-state index contributed by atoms with van der Waals surface area (Å²) in [6.45, 7) is 4.34. The predicted octanol–water partition coefficient (Wildman–Crippen LogP) is 3.14. The molecular formula is C23H27N3O5S. The van der Waals surface area contributed by atoms with E-state index in [2.05, 4.69) is 10.6 Å². The number of nitrogens with zero attached hydrogens (tertiary/aromatic N) is 1. The molecule has 1 saturated heterocycles. The van der Waals surface area contributed by atoms with Crippen molar-refractivity contribution < 1.29 is 22.7 Å². The van der Waals surface area contributed by atoms with Crippen molar-refractivity contribution in [3.05, 3.63) is 48.0 Å². The van der Waals surface area contributed by atoms with E-state index in [9.17, 15) is 18.0 Å². The second-order valence-electron chi connectivity index (χ2n) is 8.20. The highest BCUT2D eigenvalue weighted by Crippen LogP contribution is 2.34. The van der Waals surface area contributed by atoms with Crippen molar-refractivity contribution >= 4 is 33.2 Å². The Morgan fingerprint density at radius 1 is 1.16 bits per heavy atom. The lowest BCUT2D eigenvalue weighted by Gasteiger charge is -2.31. The van der Waals surface area contributed by atoms with Crippen molar-refractivity contribution in [2.24, 2.45) is 5.92 Å². The van der Waals surface area contributed by atoms with Gasteiger partial charge in [-0.3, -0.25) is 9.59 Å². The molecule has 1 fully saturated rings. The summed E-state index contributed by atoms with van der Waals surface area (Å²) in [5, 5.41) is 5.63. The average Bonchev–Trinajstić information content (AvgIpc) is 2.79. The zero-order valence-electron chi connectivity index (χ0n) is 18.1. The zero-order valence-corrected chi connectivity index (χ0v) is 18.9. The number of hydrogen-bond donors (Lipinski definition) is 2. The van der Waals surface area contributed by atoms with Crippen molar-refractivity contribution in [1.29, 1.82) is 0 Å². The normalized spacial score (nSPS) is 19.6. The third kappa shape index (κ3) is 4.49. The van der Waals surface area contributed by atoms with Gasteiger partial charge in [-0.25, -0.2) is 8.42 Å². The van der Waals surface area contributed by atoms with E-state index in [0.29, 0.717) is 30.7 Å². The van der Waals surface area contributed by atoms with Gasteiger partial charge in [-0.05, 0) is 56.5 Å². The van der Waals surface area contributed by atoms with Crippen molar-refractivity contribution in [2.45, 2.75) is 44.1 Å². The Morgan fingerprint density at radius 2 is 1.84 bits per heavy atom. The van der Waals surface area contributed by atoms with E-state index in [0.717, 1.165) is 11.3 Å². The summed E-state index contributed by atoms with van der Waals surface area (Å²) < 4.78 is 33.3. The number of aryl methyl sites for hydroxylation is 1. The number of piperidine rings is 1. The largest absolute Gasteiger partial charge is 0.478 e. The van der Waals surface area contributed by atoms with Crippen molar-refractivity contribution in [3.8, 4) is 5.75 Å². The topological polar surface area (TPSA) is 105 Å². The standard InChI is InChI=1S/C23H27N3O5S/c1-3-20-23(28)25-19-14-18(8-9-21(19)31-20)32(29,30)26-12-10-16(11-13-26)22(27)24-17-6-4-15(2)5-7-17/h4-9,14,16,20H,3,10-13H2,1-2H3,(H,24,27)(H,25,28)/t20-/m1/s1. The quantitative estimate of drug-likeness (QED) is 0.718. The van der Waals surface area contributed by atoms with Gasteiger partial charge in [-0.2, -0.15) is 4.31 Å². The maximum absolute atomic E-state index is 13.1. The molecule has 1 atom stereocenters. The van der Waals surface area contributed by atoms with E-state index in [1.54, 1.807) is 6.07 Å². The molecule has 8 nitrogen and oxygen atoms in total. The van der Waals surface area contributed by atoms with E-state index in [4.69, 9.17) is 4.74 Å². The van der Waals surface area contributed by atoms with Gasteiger partial charge in [0.05, 0.1) is 10.6 Å². The van der Waals surface area contributed by atoms with Gasteiger partial charge >= 0.3 is 0 Å². The van der Waals surface area contributed by atoms with Crippen LogP contribution in [0, 0.1) is 12.8 Å². The number of benzene rings is 2. The molecule has 0 aromatic heterocycles. The fraction of sp³-hybridized carbons (Fsp3) is 0.391. The van der Waals surface area contributed by atoms with Crippen LogP contribution in [0.4, 0.5) is 11.4 Å². The van der Waals surface area contributed by atoms with Crippen molar-refractivity contribution in [1.82, 2.24) is 4.31 Å². The van der Waals surface area contributed by atoms with Crippen LogP contribution in [-0.4, -0.2) is 43.7 Å². The number of carbonyl (C=O) groups is 2. The molecule has 170 valence electrons. The first kappa shape index (κ1) is 22.3. The van der Waals surface area contributed by atoms with Crippen LogP contribution in [-0.2, 0) is 19.6 Å². The van der Waals surface area contributed by atoms with Gasteiger partial charge in [0, 0.05) is 24.7 Å². The van der Waals surface area contributed by atoms with Gasteiger partial charge in [0.1, 0.15) is 5.75 Å². The van der Waals surface area contributed by atoms with E-state index in [-0.39, 0.29) is 35.7 Å². The second kappa shape index (κ2) is 8.91. The van der Waals surface area contributed by atoms with Crippen LogP contribution in [0.1, 0.15) is 31.7 Å². The lowest BCUT2D eigenvalue weighted by atomic mass is 9.97. The highest BCUT2D eigenvalue weighted by molar-refractivity contribution is 7.89. The average molecular weight is 458 g/mol. The molecule has 0 aliphatic carbocycles. The highest BCUT2D eigenvalue weighted by Gasteiger charge is 2.33. The minimum Gasteiger partial charge on any atom is -0.478 e. The molecule has 0 bridgehead atoms. The number of anilines is 2. The lowest BCUT2D eigenvalue weighted by molar-refractivity contribution is -0.123. The van der Waals surface area contributed by atoms with Gasteiger partial charge in [0.25, 0.3) is 5.91 Å². The molecule has 0 radical (unpaired) electrons. The Morgan fingerprint density at radius 3 is 2.50 bits per heavy atom. The summed E-state index contributed by atoms with van der Waals surface area (Å²) in [6, 6.07) is 12.1. The molecular weight excluding hydrogens is 430 g/mol. The summed E-state index contributed by atoms with van der Waals surface area (Å²) in [4.78, 5) is 24.7. The van der Waals surface area contributed by atoms with E-state index < -0.39 is 16.1 Å². The van der Waals surface area contributed by atoms with Crippen LogP contribution in [0.3, 0.4) is 0 Å². The van der Waals surface area contributed by atoms with E-state index in [1.165, 1.54) is 16.4 Å². The number of amides is 2. The molecule has 2 aliphatic rings. The molecule has 2 aromatic rings. The molecule has 0 saturated carbocycles. The minimum atomic E-state index is -3.75. The summed E-state index contributed by atoms with van der Waals surface area (Å²) >= 11 is 0. The molecule has 4 rings (SSSR count). The number of nitrogens with one attached hydrogen (secondary N) is 2. The molecule has 9 heteroatoms. The molecule has 0 unspecified atom stereocenters. The second-order valence-corrected chi connectivity index (χ2v) is 10.1. The summed E-state index contributed by atoms with van der Waals surface area (Å²) in [5.41, 5.74) is 2.20. The number of sulfonamides is 1. The molecule has 2 amide bonds.